The van der Waals surface area contributed by atoms with Crippen LogP contribution in [0.3, 0.4) is 0 Å². The monoisotopic (exact) mass is 221 g/mol. The minimum atomic E-state index is 0.293. The van der Waals surface area contributed by atoms with E-state index in [4.69, 9.17) is 9.47 Å². The molecule has 0 amide bonds. The molecule has 0 saturated carbocycles. The molecule has 0 aliphatic carbocycles. The van der Waals surface area contributed by atoms with Crippen molar-refractivity contribution in [1.29, 1.82) is 0 Å². The summed E-state index contributed by atoms with van der Waals surface area (Å²) in [6.45, 7) is 5.06. The number of hydrogen-bond donors (Lipinski definition) is 1. The van der Waals surface area contributed by atoms with Crippen molar-refractivity contribution >= 4 is 5.69 Å². The van der Waals surface area contributed by atoms with Crippen LogP contribution in [0.4, 0.5) is 5.69 Å². The van der Waals surface area contributed by atoms with Crippen LogP contribution in [0.15, 0.2) is 18.2 Å². The SMILES string of the molecule is COc1ccc(NC2CCOC2C)c(C)c1. The molecule has 1 N–H and O–H groups in total. The summed E-state index contributed by atoms with van der Waals surface area (Å²) in [5, 5.41) is 3.53. The van der Waals surface area contributed by atoms with Gasteiger partial charge in [-0.1, -0.05) is 0 Å². The average Bonchev–Trinajstić information content (AvgIpc) is 2.67. The number of ether oxygens (including phenoxy) is 2. The maximum atomic E-state index is 5.54. The van der Waals surface area contributed by atoms with Crippen LogP contribution in [-0.2, 0) is 4.74 Å². The van der Waals surface area contributed by atoms with Crippen molar-refractivity contribution in [3.05, 3.63) is 23.8 Å². The zero-order valence-electron chi connectivity index (χ0n) is 10.1. The Hall–Kier alpha value is -1.22. The number of benzene rings is 1. The largest absolute Gasteiger partial charge is 0.497 e. The maximum Gasteiger partial charge on any atom is 0.119 e. The third-order valence-corrected chi connectivity index (χ3v) is 3.15. The van der Waals surface area contributed by atoms with Gasteiger partial charge < -0.3 is 14.8 Å². The van der Waals surface area contributed by atoms with E-state index in [9.17, 15) is 0 Å². The summed E-state index contributed by atoms with van der Waals surface area (Å²) in [6, 6.07) is 6.52. The summed E-state index contributed by atoms with van der Waals surface area (Å²) < 4.78 is 10.7. The first-order valence-corrected chi connectivity index (χ1v) is 5.73. The molecule has 2 atom stereocenters. The fourth-order valence-corrected chi connectivity index (χ4v) is 2.05. The summed E-state index contributed by atoms with van der Waals surface area (Å²) in [5.41, 5.74) is 2.38. The summed E-state index contributed by atoms with van der Waals surface area (Å²) in [5.74, 6) is 0.902. The Morgan fingerprint density at radius 1 is 1.44 bits per heavy atom. The van der Waals surface area contributed by atoms with Gasteiger partial charge in [-0.05, 0) is 44.0 Å². The van der Waals surface area contributed by atoms with Crippen LogP contribution in [0.1, 0.15) is 18.9 Å². The van der Waals surface area contributed by atoms with Gasteiger partial charge in [0.25, 0.3) is 0 Å². The smallest absolute Gasteiger partial charge is 0.119 e. The lowest BCUT2D eigenvalue weighted by Gasteiger charge is -2.19. The first-order valence-electron chi connectivity index (χ1n) is 5.73. The normalized spacial score (nSPS) is 24.4. The van der Waals surface area contributed by atoms with Gasteiger partial charge in [-0.2, -0.15) is 0 Å². The van der Waals surface area contributed by atoms with E-state index in [0.717, 1.165) is 18.8 Å². The molecule has 88 valence electrons. The molecule has 1 aromatic carbocycles. The lowest BCUT2D eigenvalue weighted by Crippen LogP contribution is -2.26. The van der Waals surface area contributed by atoms with E-state index in [1.165, 1.54) is 11.3 Å². The number of nitrogens with one attached hydrogen (secondary N) is 1. The summed E-state index contributed by atoms with van der Waals surface area (Å²) in [4.78, 5) is 0. The topological polar surface area (TPSA) is 30.5 Å². The highest BCUT2D eigenvalue weighted by Gasteiger charge is 2.24. The minimum Gasteiger partial charge on any atom is -0.497 e. The van der Waals surface area contributed by atoms with E-state index in [1.807, 2.05) is 12.1 Å². The van der Waals surface area contributed by atoms with Gasteiger partial charge in [0.15, 0.2) is 0 Å². The average molecular weight is 221 g/mol. The van der Waals surface area contributed by atoms with Gasteiger partial charge in [-0.3, -0.25) is 0 Å². The number of anilines is 1. The predicted octanol–water partition coefficient (Wildman–Crippen LogP) is 2.59. The molecule has 1 fully saturated rings. The first kappa shape index (κ1) is 11.3. The van der Waals surface area contributed by atoms with Crippen LogP contribution in [0.2, 0.25) is 0 Å². The summed E-state index contributed by atoms with van der Waals surface area (Å²) in [6.07, 6.45) is 1.37. The summed E-state index contributed by atoms with van der Waals surface area (Å²) >= 11 is 0. The highest BCUT2D eigenvalue weighted by molar-refractivity contribution is 5.54. The summed E-state index contributed by atoms with van der Waals surface area (Å²) in [7, 11) is 1.69. The molecule has 0 spiro atoms. The fourth-order valence-electron chi connectivity index (χ4n) is 2.05. The number of aryl methyl sites for hydroxylation is 1. The van der Waals surface area contributed by atoms with Crippen molar-refractivity contribution in [2.75, 3.05) is 19.0 Å². The van der Waals surface area contributed by atoms with Gasteiger partial charge in [0.05, 0.1) is 19.3 Å². The van der Waals surface area contributed by atoms with Crippen LogP contribution in [0, 0.1) is 6.92 Å². The van der Waals surface area contributed by atoms with Crippen molar-refractivity contribution in [3.8, 4) is 5.75 Å². The zero-order chi connectivity index (χ0) is 11.5. The van der Waals surface area contributed by atoms with Crippen molar-refractivity contribution in [2.45, 2.75) is 32.4 Å². The molecule has 0 aromatic heterocycles. The van der Waals surface area contributed by atoms with E-state index in [-0.39, 0.29) is 0 Å². The quantitative estimate of drug-likeness (QED) is 0.851. The van der Waals surface area contributed by atoms with E-state index < -0.39 is 0 Å². The van der Waals surface area contributed by atoms with Crippen molar-refractivity contribution < 1.29 is 9.47 Å². The molecule has 3 heteroatoms. The third kappa shape index (κ3) is 2.30. The minimum absolute atomic E-state index is 0.293. The van der Waals surface area contributed by atoms with Crippen molar-refractivity contribution in [1.82, 2.24) is 0 Å². The molecule has 1 aliphatic rings. The van der Waals surface area contributed by atoms with E-state index in [2.05, 4.69) is 25.2 Å². The highest BCUT2D eigenvalue weighted by atomic mass is 16.5. The standard InChI is InChI=1S/C13H19NO2/c1-9-8-11(15-3)4-5-12(9)14-13-6-7-16-10(13)2/h4-5,8,10,13-14H,6-7H2,1-3H3. The Balaban J connectivity index is 2.09. The van der Waals surface area contributed by atoms with Gasteiger partial charge in [0.2, 0.25) is 0 Å². The van der Waals surface area contributed by atoms with Crippen LogP contribution in [-0.4, -0.2) is 25.9 Å². The van der Waals surface area contributed by atoms with Crippen molar-refractivity contribution in [2.24, 2.45) is 0 Å². The van der Waals surface area contributed by atoms with Gasteiger partial charge in [0.1, 0.15) is 5.75 Å². The molecule has 2 unspecified atom stereocenters. The number of methoxy groups -OCH3 is 1. The number of rotatable bonds is 3. The second-order valence-corrected chi connectivity index (χ2v) is 4.30. The van der Waals surface area contributed by atoms with Crippen molar-refractivity contribution in [3.63, 3.8) is 0 Å². The lowest BCUT2D eigenvalue weighted by molar-refractivity contribution is 0.121. The molecule has 1 aliphatic heterocycles. The molecular formula is C13H19NO2. The van der Waals surface area contributed by atoms with Crippen LogP contribution < -0.4 is 10.1 Å². The Bertz CT molecular complexity index is 365. The number of hydrogen-bond acceptors (Lipinski definition) is 3. The maximum absolute atomic E-state index is 5.54. The Morgan fingerprint density at radius 2 is 2.25 bits per heavy atom. The van der Waals surface area contributed by atoms with Crippen LogP contribution >= 0.6 is 0 Å². The van der Waals surface area contributed by atoms with Crippen LogP contribution in [0.5, 0.6) is 5.75 Å². The molecule has 3 nitrogen and oxygen atoms in total. The van der Waals surface area contributed by atoms with E-state index in [1.54, 1.807) is 7.11 Å². The van der Waals surface area contributed by atoms with Gasteiger partial charge in [-0.25, -0.2) is 0 Å². The van der Waals surface area contributed by atoms with Crippen LogP contribution in [0.25, 0.3) is 0 Å². The van der Waals surface area contributed by atoms with E-state index >= 15 is 0 Å². The van der Waals surface area contributed by atoms with Gasteiger partial charge in [0, 0.05) is 12.3 Å². The van der Waals surface area contributed by atoms with Gasteiger partial charge in [-0.15, -0.1) is 0 Å². The second-order valence-electron chi connectivity index (χ2n) is 4.30. The lowest BCUT2D eigenvalue weighted by atomic mass is 10.1. The molecule has 16 heavy (non-hydrogen) atoms. The highest BCUT2D eigenvalue weighted by Crippen LogP contribution is 2.24. The van der Waals surface area contributed by atoms with E-state index in [0.29, 0.717) is 12.1 Å². The molecule has 1 aromatic rings. The Labute approximate surface area is 96.8 Å². The second kappa shape index (κ2) is 4.74. The molecule has 1 saturated heterocycles. The molecule has 0 radical (unpaired) electrons. The Kier molecular flexibility index (Phi) is 3.34. The first-order chi connectivity index (χ1) is 7.70. The molecule has 0 bridgehead atoms. The molecular weight excluding hydrogens is 202 g/mol. The third-order valence-electron chi connectivity index (χ3n) is 3.15. The zero-order valence-corrected chi connectivity index (χ0v) is 10.1. The predicted molar refractivity (Wildman–Crippen MR) is 65.2 cm³/mol. The molecule has 1 heterocycles. The fraction of sp³-hybridized carbons (Fsp3) is 0.538. The Morgan fingerprint density at radius 3 is 2.81 bits per heavy atom. The van der Waals surface area contributed by atoms with Gasteiger partial charge >= 0.3 is 0 Å². The molecule has 2 rings (SSSR count).